The summed E-state index contributed by atoms with van der Waals surface area (Å²) in [6.07, 6.45) is 8.19. The van der Waals surface area contributed by atoms with Crippen molar-refractivity contribution in [3.63, 3.8) is 0 Å². The van der Waals surface area contributed by atoms with Crippen LogP contribution in [0.3, 0.4) is 0 Å². The Morgan fingerprint density at radius 3 is 2.52 bits per heavy atom. The zero-order chi connectivity index (χ0) is 16.5. The molecule has 0 aromatic heterocycles. The van der Waals surface area contributed by atoms with Gasteiger partial charge in [-0.3, -0.25) is 4.79 Å². The second kappa shape index (κ2) is 9.40. The van der Waals surface area contributed by atoms with Gasteiger partial charge >= 0.3 is 0 Å². The molecule has 0 unspecified atom stereocenters. The zero-order valence-corrected chi connectivity index (χ0v) is 14.2. The van der Waals surface area contributed by atoms with Crippen molar-refractivity contribution in [1.82, 2.24) is 5.32 Å². The summed E-state index contributed by atoms with van der Waals surface area (Å²) in [4.78, 5) is 12.1. The number of anilines is 1. The van der Waals surface area contributed by atoms with E-state index < -0.39 is 0 Å². The van der Waals surface area contributed by atoms with Crippen molar-refractivity contribution < 1.29 is 14.3 Å². The molecule has 1 aromatic rings. The Morgan fingerprint density at radius 2 is 1.87 bits per heavy atom. The van der Waals surface area contributed by atoms with Gasteiger partial charge in [0.1, 0.15) is 11.5 Å². The Kier molecular flexibility index (Phi) is 7.20. The van der Waals surface area contributed by atoms with Crippen LogP contribution in [0.4, 0.5) is 5.69 Å². The van der Waals surface area contributed by atoms with Gasteiger partial charge in [-0.15, -0.1) is 0 Å². The summed E-state index contributed by atoms with van der Waals surface area (Å²) in [7, 11) is 3.19. The third-order valence-electron chi connectivity index (χ3n) is 4.32. The molecule has 1 fully saturated rings. The fourth-order valence-corrected chi connectivity index (χ4v) is 3.00. The Hall–Kier alpha value is -1.75. The lowest BCUT2D eigenvalue weighted by Gasteiger charge is -2.16. The lowest BCUT2D eigenvalue weighted by Crippen LogP contribution is -2.31. The molecule has 1 amide bonds. The average Bonchev–Trinajstić information content (AvgIpc) is 2.83. The first-order valence-electron chi connectivity index (χ1n) is 8.48. The average molecular weight is 320 g/mol. The van der Waals surface area contributed by atoms with Crippen molar-refractivity contribution in [2.45, 2.75) is 51.0 Å². The molecular weight excluding hydrogens is 292 g/mol. The SMILES string of the molecule is COc1ccc(OC)c(NC(=O)CCNC2CCCCCC2)c1. The van der Waals surface area contributed by atoms with E-state index in [1.165, 1.54) is 38.5 Å². The molecule has 23 heavy (non-hydrogen) atoms. The molecule has 0 heterocycles. The van der Waals surface area contributed by atoms with Gasteiger partial charge in [0.05, 0.1) is 19.9 Å². The van der Waals surface area contributed by atoms with Crippen molar-refractivity contribution in [3.8, 4) is 11.5 Å². The van der Waals surface area contributed by atoms with E-state index >= 15 is 0 Å². The molecule has 2 rings (SSSR count). The molecule has 0 atom stereocenters. The maximum Gasteiger partial charge on any atom is 0.225 e. The number of hydrogen-bond donors (Lipinski definition) is 2. The van der Waals surface area contributed by atoms with Crippen molar-refractivity contribution in [2.24, 2.45) is 0 Å². The van der Waals surface area contributed by atoms with Gasteiger partial charge in [0.15, 0.2) is 0 Å². The van der Waals surface area contributed by atoms with Gasteiger partial charge < -0.3 is 20.1 Å². The number of carbonyl (C=O) groups is 1. The fraction of sp³-hybridized carbons (Fsp3) is 0.611. The summed E-state index contributed by atoms with van der Waals surface area (Å²) in [6.45, 7) is 0.711. The second-order valence-electron chi connectivity index (χ2n) is 6.01. The van der Waals surface area contributed by atoms with Gasteiger partial charge in [-0.1, -0.05) is 25.7 Å². The van der Waals surface area contributed by atoms with Crippen molar-refractivity contribution in [1.29, 1.82) is 0 Å². The number of amides is 1. The van der Waals surface area contributed by atoms with Crippen LogP contribution in [-0.4, -0.2) is 32.7 Å². The Labute approximate surface area is 138 Å². The predicted octanol–water partition coefficient (Wildman–Crippen LogP) is 3.34. The molecule has 0 aliphatic heterocycles. The van der Waals surface area contributed by atoms with E-state index in [-0.39, 0.29) is 5.91 Å². The quantitative estimate of drug-likeness (QED) is 0.757. The Balaban J connectivity index is 1.80. The zero-order valence-electron chi connectivity index (χ0n) is 14.2. The van der Waals surface area contributed by atoms with Gasteiger partial charge in [-0.25, -0.2) is 0 Å². The largest absolute Gasteiger partial charge is 0.497 e. The molecule has 0 spiro atoms. The van der Waals surface area contributed by atoms with E-state index in [1.807, 2.05) is 6.07 Å². The number of rotatable bonds is 7. The van der Waals surface area contributed by atoms with Crippen LogP contribution in [-0.2, 0) is 4.79 Å². The molecule has 0 radical (unpaired) electrons. The van der Waals surface area contributed by atoms with Crippen LogP contribution in [0.1, 0.15) is 44.9 Å². The summed E-state index contributed by atoms with van der Waals surface area (Å²) in [6, 6.07) is 5.94. The first kappa shape index (κ1) is 17.6. The summed E-state index contributed by atoms with van der Waals surface area (Å²) in [5.74, 6) is 1.31. The third-order valence-corrected chi connectivity index (χ3v) is 4.32. The highest BCUT2D eigenvalue weighted by atomic mass is 16.5. The maximum absolute atomic E-state index is 12.1. The summed E-state index contributed by atoms with van der Waals surface area (Å²) < 4.78 is 10.5. The summed E-state index contributed by atoms with van der Waals surface area (Å²) in [5.41, 5.74) is 0.645. The molecule has 5 nitrogen and oxygen atoms in total. The van der Waals surface area contributed by atoms with Gasteiger partial charge in [0, 0.05) is 25.1 Å². The van der Waals surface area contributed by atoms with Gasteiger partial charge in [0.2, 0.25) is 5.91 Å². The van der Waals surface area contributed by atoms with Gasteiger partial charge in [-0.2, -0.15) is 0 Å². The lowest BCUT2D eigenvalue weighted by atomic mass is 10.1. The number of carbonyl (C=O) groups excluding carboxylic acids is 1. The molecule has 2 N–H and O–H groups in total. The standard InChI is InChI=1S/C18H28N2O3/c1-22-15-9-10-17(23-2)16(13-15)20-18(21)11-12-19-14-7-5-3-4-6-8-14/h9-10,13-14,19H,3-8,11-12H2,1-2H3,(H,20,21). The number of ether oxygens (including phenoxy) is 2. The number of nitrogens with one attached hydrogen (secondary N) is 2. The number of hydrogen-bond acceptors (Lipinski definition) is 4. The number of methoxy groups -OCH3 is 2. The highest BCUT2D eigenvalue weighted by Gasteiger charge is 2.13. The normalized spacial score (nSPS) is 15.7. The molecule has 128 valence electrons. The highest BCUT2D eigenvalue weighted by Crippen LogP contribution is 2.28. The minimum atomic E-state index is -0.0160. The van der Waals surface area contributed by atoms with Crippen LogP contribution in [0.2, 0.25) is 0 Å². The molecule has 0 saturated heterocycles. The topological polar surface area (TPSA) is 59.6 Å². The Bertz CT molecular complexity index is 497. The predicted molar refractivity (Wildman–Crippen MR) is 92.3 cm³/mol. The first-order valence-corrected chi connectivity index (χ1v) is 8.48. The van der Waals surface area contributed by atoms with Crippen LogP contribution in [0.25, 0.3) is 0 Å². The summed E-state index contributed by atoms with van der Waals surface area (Å²) >= 11 is 0. The lowest BCUT2D eigenvalue weighted by molar-refractivity contribution is -0.116. The molecule has 0 bridgehead atoms. The van der Waals surface area contributed by atoms with Gasteiger partial charge in [-0.05, 0) is 25.0 Å². The molecule has 5 heteroatoms. The van der Waals surface area contributed by atoms with Crippen LogP contribution in [0.5, 0.6) is 11.5 Å². The molecular formula is C18H28N2O3. The van der Waals surface area contributed by atoms with Crippen LogP contribution < -0.4 is 20.1 Å². The fourth-order valence-electron chi connectivity index (χ4n) is 3.00. The van der Waals surface area contributed by atoms with E-state index in [9.17, 15) is 4.79 Å². The Morgan fingerprint density at radius 1 is 1.13 bits per heavy atom. The molecule has 1 aromatic carbocycles. The first-order chi connectivity index (χ1) is 11.2. The second-order valence-corrected chi connectivity index (χ2v) is 6.01. The van der Waals surface area contributed by atoms with E-state index in [0.29, 0.717) is 36.2 Å². The van der Waals surface area contributed by atoms with Crippen LogP contribution >= 0.6 is 0 Å². The van der Waals surface area contributed by atoms with E-state index in [4.69, 9.17) is 9.47 Å². The minimum Gasteiger partial charge on any atom is -0.497 e. The van der Waals surface area contributed by atoms with Crippen molar-refractivity contribution in [3.05, 3.63) is 18.2 Å². The van der Waals surface area contributed by atoms with E-state index in [2.05, 4.69) is 10.6 Å². The van der Waals surface area contributed by atoms with Crippen molar-refractivity contribution >= 4 is 11.6 Å². The maximum atomic E-state index is 12.1. The van der Waals surface area contributed by atoms with E-state index in [0.717, 1.165) is 0 Å². The number of benzene rings is 1. The smallest absolute Gasteiger partial charge is 0.225 e. The monoisotopic (exact) mass is 320 g/mol. The summed E-state index contributed by atoms with van der Waals surface area (Å²) in [5, 5.41) is 6.41. The molecule has 1 saturated carbocycles. The van der Waals surface area contributed by atoms with Gasteiger partial charge in [0.25, 0.3) is 0 Å². The van der Waals surface area contributed by atoms with E-state index in [1.54, 1.807) is 26.4 Å². The minimum absolute atomic E-state index is 0.0160. The third kappa shape index (κ3) is 5.75. The van der Waals surface area contributed by atoms with Crippen LogP contribution in [0.15, 0.2) is 18.2 Å². The molecule has 1 aliphatic rings. The molecule has 1 aliphatic carbocycles. The van der Waals surface area contributed by atoms with Crippen LogP contribution in [0, 0.1) is 0 Å². The highest BCUT2D eigenvalue weighted by molar-refractivity contribution is 5.92. The van der Waals surface area contributed by atoms with Crippen molar-refractivity contribution in [2.75, 3.05) is 26.1 Å².